The Labute approximate surface area is 303 Å². The zero-order valence-electron chi connectivity index (χ0n) is 29.5. The number of benzene rings is 3. The maximum Gasteiger partial charge on any atom is 0.258 e. The maximum atomic E-state index is 15.1. The van der Waals surface area contributed by atoms with Crippen LogP contribution in [0.3, 0.4) is 0 Å². The molecule has 270 valence electrons. The molecule has 11 nitrogen and oxygen atoms in total. The largest absolute Gasteiger partial charge is 0.490 e. The van der Waals surface area contributed by atoms with Gasteiger partial charge in [0.2, 0.25) is 11.8 Å². The molecule has 2 amide bonds. The van der Waals surface area contributed by atoms with Crippen molar-refractivity contribution in [3.63, 3.8) is 0 Å². The van der Waals surface area contributed by atoms with Crippen LogP contribution in [0.1, 0.15) is 59.5 Å². The number of nitrogens with zero attached hydrogens (tertiary/aromatic N) is 5. The minimum Gasteiger partial charge on any atom is -0.490 e. The topological polar surface area (TPSA) is 112 Å². The van der Waals surface area contributed by atoms with Crippen LogP contribution in [-0.2, 0) is 0 Å². The Morgan fingerprint density at radius 1 is 1.00 bits per heavy atom. The molecule has 0 radical (unpaired) electrons. The lowest BCUT2D eigenvalue weighted by atomic mass is 10.1. The summed E-state index contributed by atoms with van der Waals surface area (Å²) in [5.41, 5.74) is 1.73. The second kappa shape index (κ2) is 17.9. The molecule has 0 unspecified atom stereocenters. The third-order valence-corrected chi connectivity index (χ3v) is 9.04. The number of anilines is 2. The lowest BCUT2D eigenvalue weighted by Gasteiger charge is -2.32. The van der Waals surface area contributed by atoms with E-state index in [0.29, 0.717) is 30.9 Å². The SMILES string of the molecule is CCN(CC)C(=O)c1ccc(Oc2nc(Nc3ccc(OCCCN4CCN(C)CC4)c(F)c3)ncc2C(=O)N[C@@H](C)c2ccccc2)c(Cl)c1. The first kappa shape index (κ1) is 37.5. The van der Waals surface area contributed by atoms with Gasteiger partial charge in [0.25, 0.3) is 11.8 Å². The van der Waals surface area contributed by atoms with E-state index in [9.17, 15) is 9.59 Å². The van der Waals surface area contributed by atoms with Crippen molar-refractivity contribution in [1.29, 1.82) is 0 Å². The van der Waals surface area contributed by atoms with Gasteiger partial charge in [-0.15, -0.1) is 0 Å². The first-order valence-electron chi connectivity index (χ1n) is 17.2. The van der Waals surface area contributed by atoms with Crippen molar-refractivity contribution in [2.24, 2.45) is 0 Å². The van der Waals surface area contributed by atoms with Crippen molar-refractivity contribution in [1.82, 2.24) is 30.0 Å². The summed E-state index contributed by atoms with van der Waals surface area (Å²) in [4.78, 5) is 41.6. The molecule has 1 aliphatic heterocycles. The molecule has 1 aromatic heterocycles. The van der Waals surface area contributed by atoms with Gasteiger partial charge in [-0.2, -0.15) is 4.98 Å². The van der Waals surface area contributed by atoms with Crippen LogP contribution in [-0.4, -0.2) is 95.9 Å². The number of likely N-dealkylation sites (N-methyl/N-ethyl adjacent to an activating group) is 1. The van der Waals surface area contributed by atoms with E-state index in [1.54, 1.807) is 29.2 Å². The van der Waals surface area contributed by atoms with Crippen molar-refractivity contribution in [2.45, 2.75) is 33.2 Å². The lowest BCUT2D eigenvalue weighted by molar-refractivity contribution is 0.0772. The molecule has 51 heavy (non-hydrogen) atoms. The van der Waals surface area contributed by atoms with E-state index in [-0.39, 0.29) is 45.9 Å². The number of aromatic nitrogens is 2. The third-order valence-electron chi connectivity index (χ3n) is 8.74. The Kier molecular flexibility index (Phi) is 13.2. The molecule has 2 N–H and O–H groups in total. The van der Waals surface area contributed by atoms with E-state index >= 15 is 4.39 Å². The average molecular weight is 718 g/mol. The van der Waals surface area contributed by atoms with Gasteiger partial charge in [-0.1, -0.05) is 41.9 Å². The quantitative estimate of drug-likeness (QED) is 0.128. The van der Waals surface area contributed by atoms with Crippen LogP contribution in [0.15, 0.2) is 72.9 Å². The van der Waals surface area contributed by atoms with E-state index in [2.05, 4.69) is 37.4 Å². The summed E-state index contributed by atoms with van der Waals surface area (Å²) >= 11 is 6.59. The molecule has 5 rings (SSSR count). The molecular formula is C38H45ClFN7O4. The Balaban J connectivity index is 1.31. The summed E-state index contributed by atoms with van der Waals surface area (Å²) < 4.78 is 26.9. The third kappa shape index (κ3) is 10.2. The summed E-state index contributed by atoms with van der Waals surface area (Å²) in [6.45, 7) is 12.2. The van der Waals surface area contributed by atoms with Crippen molar-refractivity contribution in [2.75, 3.05) is 64.8 Å². The molecule has 0 spiro atoms. The highest BCUT2D eigenvalue weighted by Crippen LogP contribution is 2.33. The van der Waals surface area contributed by atoms with E-state index in [4.69, 9.17) is 21.1 Å². The number of carbonyl (C=O) groups is 2. The minimum atomic E-state index is -0.534. The Hall–Kier alpha value is -4.78. The van der Waals surface area contributed by atoms with Gasteiger partial charge in [0.1, 0.15) is 11.3 Å². The summed E-state index contributed by atoms with van der Waals surface area (Å²) in [7, 11) is 2.12. The van der Waals surface area contributed by atoms with Gasteiger partial charge in [-0.05, 0) is 70.1 Å². The van der Waals surface area contributed by atoms with Gasteiger partial charge in [0.15, 0.2) is 11.6 Å². The Bertz CT molecular complexity index is 1790. The van der Waals surface area contributed by atoms with Gasteiger partial charge < -0.3 is 34.8 Å². The predicted octanol–water partition coefficient (Wildman–Crippen LogP) is 6.79. The molecule has 1 fully saturated rings. The average Bonchev–Trinajstić information content (AvgIpc) is 3.13. The summed E-state index contributed by atoms with van der Waals surface area (Å²) in [6.07, 6.45) is 2.13. The molecule has 13 heteroatoms. The maximum absolute atomic E-state index is 15.1. The molecule has 1 atom stereocenters. The first-order chi connectivity index (χ1) is 24.6. The van der Waals surface area contributed by atoms with Crippen LogP contribution in [0, 0.1) is 5.82 Å². The van der Waals surface area contributed by atoms with E-state index in [0.717, 1.165) is 44.7 Å². The number of hydrogen-bond donors (Lipinski definition) is 2. The highest BCUT2D eigenvalue weighted by molar-refractivity contribution is 6.32. The minimum absolute atomic E-state index is 0.0502. The molecule has 4 aromatic rings. The fourth-order valence-corrected chi connectivity index (χ4v) is 5.86. The second-order valence-electron chi connectivity index (χ2n) is 12.4. The van der Waals surface area contributed by atoms with Crippen molar-refractivity contribution in [3.8, 4) is 17.4 Å². The van der Waals surface area contributed by atoms with Crippen LogP contribution in [0.25, 0.3) is 0 Å². The zero-order valence-corrected chi connectivity index (χ0v) is 30.3. The molecule has 1 aliphatic rings. The van der Waals surface area contributed by atoms with Gasteiger partial charge in [0, 0.05) is 69.3 Å². The summed E-state index contributed by atoms with van der Waals surface area (Å²) in [6, 6.07) is 18.4. The summed E-state index contributed by atoms with van der Waals surface area (Å²) in [5, 5.41) is 6.10. The normalized spacial score (nSPS) is 14.1. The highest BCUT2D eigenvalue weighted by atomic mass is 35.5. The first-order valence-corrected chi connectivity index (χ1v) is 17.6. The lowest BCUT2D eigenvalue weighted by Crippen LogP contribution is -2.44. The number of hydrogen-bond acceptors (Lipinski definition) is 9. The Morgan fingerprint density at radius 2 is 1.73 bits per heavy atom. The molecule has 0 saturated carbocycles. The van der Waals surface area contributed by atoms with E-state index in [1.165, 1.54) is 18.3 Å². The number of amides is 2. The van der Waals surface area contributed by atoms with Crippen molar-refractivity contribution in [3.05, 3.63) is 100 Å². The smallest absolute Gasteiger partial charge is 0.258 e. The van der Waals surface area contributed by atoms with Crippen LogP contribution in [0.5, 0.6) is 17.4 Å². The Morgan fingerprint density at radius 3 is 2.41 bits per heavy atom. The number of nitrogens with one attached hydrogen (secondary N) is 2. The highest BCUT2D eigenvalue weighted by Gasteiger charge is 2.22. The predicted molar refractivity (Wildman–Crippen MR) is 197 cm³/mol. The number of carbonyl (C=O) groups excluding carboxylic acids is 2. The van der Waals surface area contributed by atoms with Gasteiger partial charge in [-0.25, -0.2) is 9.37 Å². The van der Waals surface area contributed by atoms with Crippen LogP contribution >= 0.6 is 11.6 Å². The molecule has 0 bridgehead atoms. The number of rotatable bonds is 15. The number of ether oxygens (including phenoxy) is 2. The van der Waals surface area contributed by atoms with Crippen LogP contribution in [0.2, 0.25) is 5.02 Å². The van der Waals surface area contributed by atoms with Crippen LogP contribution < -0.4 is 20.1 Å². The van der Waals surface area contributed by atoms with Gasteiger partial charge >= 0.3 is 0 Å². The van der Waals surface area contributed by atoms with Gasteiger partial charge in [-0.3, -0.25) is 9.59 Å². The van der Waals surface area contributed by atoms with Crippen molar-refractivity contribution >= 4 is 35.1 Å². The number of piperazine rings is 1. The summed E-state index contributed by atoms with van der Waals surface area (Å²) in [5.74, 6) is -0.862. The zero-order chi connectivity index (χ0) is 36.3. The van der Waals surface area contributed by atoms with Crippen molar-refractivity contribution < 1.29 is 23.5 Å². The van der Waals surface area contributed by atoms with Gasteiger partial charge in [0.05, 0.1) is 17.7 Å². The standard InChI is InChI=1S/C38H45ClFN7O4/c1-5-47(6-2)37(49)28-13-15-33(31(39)23-28)51-36-30(35(48)42-26(3)27-11-8-7-9-12-27)25-41-38(44-36)43-29-14-16-34(32(40)24-29)50-22-10-17-46-20-18-45(4)19-21-46/h7-9,11-16,23-26H,5-6,10,17-22H2,1-4H3,(H,42,48)(H,41,43,44)/t26-/m0/s1. The van der Waals surface area contributed by atoms with E-state index in [1.807, 2.05) is 51.1 Å². The fourth-order valence-electron chi connectivity index (χ4n) is 5.64. The molecule has 3 aromatic carbocycles. The van der Waals surface area contributed by atoms with Crippen LogP contribution in [0.4, 0.5) is 16.0 Å². The molecular weight excluding hydrogens is 673 g/mol. The molecule has 0 aliphatic carbocycles. The fraction of sp³-hybridized carbons (Fsp3) is 0.368. The molecule has 1 saturated heterocycles. The molecule has 2 heterocycles. The second-order valence-corrected chi connectivity index (χ2v) is 12.8. The monoisotopic (exact) mass is 717 g/mol. The van der Waals surface area contributed by atoms with E-state index < -0.39 is 11.7 Å². The number of halogens is 2.